The van der Waals surface area contributed by atoms with Crippen molar-refractivity contribution < 1.29 is 8.42 Å². The Bertz CT molecular complexity index is 519. The molecule has 9 heteroatoms. The second kappa shape index (κ2) is 10.9. The number of hydrogen-bond donors (Lipinski definition) is 2. The molecule has 0 spiro atoms. The van der Waals surface area contributed by atoms with Gasteiger partial charge in [-0.25, -0.2) is 12.7 Å². The van der Waals surface area contributed by atoms with Crippen molar-refractivity contribution in [2.45, 2.75) is 43.9 Å². The molecule has 2 unspecified atom stereocenters. The fourth-order valence-corrected chi connectivity index (χ4v) is 6.97. The number of sulfonamides is 1. The molecular weight excluding hydrogens is 376 g/mol. The van der Waals surface area contributed by atoms with Gasteiger partial charge in [0.25, 0.3) is 0 Å². The van der Waals surface area contributed by atoms with Crippen molar-refractivity contribution in [3.05, 3.63) is 0 Å². The molecule has 0 radical (unpaired) electrons. The van der Waals surface area contributed by atoms with Crippen molar-refractivity contribution in [2.24, 2.45) is 4.99 Å². The van der Waals surface area contributed by atoms with Gasteiger partial charge >= 0.3 is 0 Å². The predicted molar refractivity (Wildman–Crippen MR) is 111 cm³/mol. The summed E-state index contributed by atoms with van der Waals surface area (Å²) in [6, 6.07) is 0.430. The molecule has 0 aromatic rings. The number of aliphatic imine (C=N–C) groups is 1. The van der Waals surface area contributed by atoms with Gasteiger partial charge in [-0.2, -0.15) is 23.5 Å². The smallest absolute Gasteiger partial charge is 0.215 e. The van der Waals surface area contributed by atoms with E-state index in [1.807, 2.05) is 23.5 Å². The predicted octanol–water partition coefficient (Wildman–Crippen LogP) is 1.59. The summed E-state index contributed by atoms with van der Waals surface area (Å²) in [5, 5.41) is 7.38. The Morgan fingerprint density at radius 2 is 2.08 bits per heavy atom. The molecule has 0 aromatic carbocycles. The van der Waals surface area contributed by atoms with Gasteiger partial charge in [-0.1, -0.05) is 13.3 Å². The van der Waals surface area contributed by atoms with Crippen LogP contribution in [-0.4, -0.2) is 79.7 Å². The van der Waals surface area contributed by atoms with Crippen molar-refractivity contribution in [3.63, 3.8) is 0 Å². The van der Waals surface area contributed by atoms with Crippen LogP contribution in [0.1, 0.15) is 32.6 Å². The van der Waals surface area contributed by atoms with Crippen molar-refractivity contribution in [1.82, 2.24) is 14.9 Å². The first-order chi connectivity index (χ1) is 12.0. The van der Waals surface area contributed by atoms with Crippen LogP contribution in [0.15, 0.2) is 4.99 Å². The van der Waals surface area contributed by atoms with Gasteiger partial charge in [0.2, 0.25) is 10.0 Å². The summed E-state index contributed by atoms with van der Waals surface area (Å²) in [4.78, 5) is 4.26. The van der Waals surface area contributed by atoms with E-state index < -0.39 is 10.0 Å². The molecule has 2 fully saturated rings. The van der Waals surface area contributed by atoms with E-state index in [1.54, 1.807) is 11.4 Å². The summed E-state index contributed by atoms with van der Waals surface area (Å²) in [6.07, 6.45) is 4.86. The van der Waals surface area contributed by atoms with Crippen LogP contribution in [0.3, 0.4) is 0 Å². The summed E-state index contributed by atoms with van der Waals surface area (Å²) in [5.74, 6) is 3.80. The highest BCUT2D eigenvalue weighted by molar-refractivity contribution is 8.00. The average Bonchev–Trinajstić information content (AvgIpc) is 2.62. The van der Waals surface area contributed by atoms with Crippen molar-refractivity contribution in [3.8, 4) is 0 Å². The van der Waals surface area contributed by atoms with Gasteiger partial charge < -0.3 is 10.6 Å². The maximum absolute atomic E-state index is 12.4. The zero-order chi connectivity index (χ0) is 18.1. The van der Waals surface area contributed by atoms with Crippen LogP contribution < -0.4 is 10.6 Å². The highest BCUT2D eigenvalue weighted by Gasteiger charge is 2.25. The van der Waals surface area contributed by atoms with E-state index >= 15 is 0 Å². The van der Waals surface area contributed by atoms with E-state index in [0.29, 0.717) is 25.7 Å². The quantitative estimate of drug-likeness (QED) is 0.492. The Morgan fingerprint density at radius 3 is 2.76 bits per heavy atom. The maximum Gasteiger partial charge on any atom is 0.215 e. The fourth-order valence-electron chi connectivity index (χ4n) is 3.30. The lowest BCUT2D eigenvalue weighted by Crippen LogP contribution is -2.48. The Balaban J connectivity index is 1.74. The van der Waals surface area contributed by atoms with Crippen LogP contribution in [0.5, 0.6) is 0 Å². The minimum Gasteiger partial charge on any atom is -0.355 e. The van der Waals surface area contributed by atoms with Gasteiger partial charge in [-0.3, -0.25) is 4.99 Å². The number of hydrogen-bond acceptors (Lipinski definition) is 5. The first-order valence-corrected chi connectivity index (χ1v) is 13.0. The van der Waals surface area contributed by atoms with Gasteiger partial charge in [-0.05, 0) is 25.0 Å². The van der Waals surface area contributed by atoms with Gasteiger partial charge in [0, 0.05) is 49.5 Å². The third kappa shape index (κ3) is 7.19. The second-order valence-electron chi connectivity index (χ2n) is 6.41. The first kappa shape index (κ1) is 21.2. The van der Waals surface area contributed by atoms with Gasteiger partial charge in [0.05, 0.1) is 5.75 Å². The van der Waals surface area contributed by atoms with Crippen LogP contribution >= 0.6 is 23.5 Å². The van der Waals surface area contributed by atoms with E-state index in [1.165, 1.54) is 12.8 Å². The Kier molecular flexibility index (Phi) is 9.23. The topological polar surface area (TPSA) is 73.8 Å². The lowest BCUT2D eigenvalue weighted by molar-refractivity contribution is 0.419. The van der Waals surface area contributed by atoms with Crippen LogP contribution in [0.4, 0.5) is 0 Å². The molecule has 1 saturated heterocycles. The van der Waals surface area contributed by atoms with E-state index in [0.717, 1.165) is 41.3 Å². The molecule has 2 atom stereocenters. The van der Waals surface area contributed by atoms with Gasteiger partial charge in [0.1, 0.15) is 0 Å². The normalized spacial score (nSPS) is 26.4. The highest BCUT2D eigenvalue weighted by atomic mass is 32.2. The van der Waals surface area contributed by atoms with E-state index in [4.69, 9.17) is 0 Å². The van der Waals surface area contributed by atoms with Gasteiger partial charge in [-0.15, -0.1) is 0 Å². The van der Waals surface area contributed by atoms with E-state index in [2.05, 4.69) is 22.5 Å². The molecule has 0 aromatic heterocycles. The molecule has 2 N–H and O–H groups in total. The van der Waals surface area contributed by atoms with Crippen LogP contribution in [0.2, 0.25) is 0 Å². The number of nitrogens with zero attached hydrogens (tertiary/aromatic N) is 2. The van der Waals surface area contributed by atoms with Crippen LogP contribution in [0, 0.1) is 0 Å². The summed E-state index contributed by atoms with van der Waals surface area (Å²) in [6.45, 7) is 3.88. The van der Waals surface area contributed by atoms with Crippen molar-refractivity contribution >= 4 is 39.5 Å². The standard InChI is InChI=1S/C16H32N4O2S3/c1-3-24-15-6-4-5-14(13-15)19-16(17-2)18-7-12-25(21,22)20-8-10-23-11-9-20/h14-15H,3-13H2,1-2H3,(H2,17,18,19). The first-order valence-electron chi connectivity index (χ1n) is 9.19. The van der Waals surface area contributed by atoms with Gasteiger partial charge in [0.15, 0.2) is 5.96 Å². The maximum atomic E-state index is 12.4. The molecule has 25 heavy (non-hydrogen) atoms. The number of guanidine groups is 1. The molecule has 2 rings (SSSR count). The summed E-state index contributed by atoms with van der Waals surface area (Å²) in [7, 11) is -1.42. The lowest BCUT2D eigenvalue weighted by atomic mass is 9.95. The molecule has 0 amide bonds. The fraction of sp³-hybridized carbons (Fsp3) is 0.938. The van der Waals surface area contributed by atoms with E-state index in [-0.39, 0.29) is 5.75 Å². The number of nitrogens with one attached hydrogen (secondary N) is 2. The molecule has 0 bridgehead atoms. The monoisotopic (exact) mass is 408 g/mol. The third-order valence-corrected chi connectivity index (χ3v) is 8.66. The third-order valence-electron chi connectivity index (χ3n) is 4.61. The zero-order valence-electron chi connectivity index (χ0n) is 15.4. The molecule has 2 aliphatic rings. The summed E-state index contributed by atoms with van der Waals surface area (Å²) in [5.41, 5.74) is 0. The molecular formula is C16H32N4O2S3. The van der Waals surface area contributed by atoms with Crippen LogP contribution in [-0.2, 0) is 10.0 Å². The Morgan fingerprint density at radius 1 is 1.32 bits per heavy atom. The summed E-state index contributed by atoms with van der Waals surface area (Å²) < 4.78 is 26.4. The molecule has 146 valence electrons. The van der Waals surface area contributed by atoms with Crippen molar-refractivity contribution in [2.75, 3.05) is 49.7 Å². The average molecular weight is 409 g/mol. The second-order valence-corrected chi connectivity index (χ2v) is 11.3. The summed E-state index contributed by atoms with van der Waals surface area (Å²) >= 11 is 3.86. The highest BCUT2D eigenvalue weighted by Crippen LogP contribution is 2.28. The SMILES string of the molecule is CCSC1CCCC(NC(=NC)NCCS(=O)(=O)N2CCSCC2)C1. The zero-order valence-corrected chi connectivity index (χ0v) is 17.8. The minimum absolute atomic E-state index is 0.122. The molecule has 1 aliphatic carbocycles. The Hall–Kier alpha value is -0.120. The molecule has 1 aliphatic heterocycles. The molecule has 6 nitrogen and oxygen atoms in total. The minimum atomic E-state index is -3.17. The van der Waals surface area contributed by atoms with Crippen molar-refractivity contribution in [1.29, 1.82) is 0 Å². The lowest BCUT2D eigenvalue weighted by Gasteiger charge is -2.30. The molecule has 1 saturated carbocycles. The largest absolute Gasteiger partial charge is 0.355 e. The van der Waals surface area contributed by atoms with Crippen LogP contribution in [0.25, 0.3) is 0 Å². The molecule has 1 heterocycles. The van der Waals surface area contributed by atoms with E-state index in [9.17, 15) is 8.42 Å². The number of rotatable bonds is 7. The number of thioether (sulfide) groups is 2. The Labute approximate surface area is 161 Å².